The summed E-state index contributed by atoms with van der Waals surface area (Å²) >= 11 is 5.71. The van der Waals surface area contributed by atoms with Crippen molar-refractivity contribution in [2.45, 2.75) is 19.3 Å². The van der Waals surface area contributed by atoms with E-state index in [1.165, 1.54) is 6.07 Å². The first-order valence-corrected chi connectivity index (χ1v) is 6.81. The molecule has 0 aliphatic carbocycles. The van der Waals surface area contributed by atoms with Gasteiger partial charge in [0.2, 0.25) is 5.91 Å². The van der Waals surface area contributed by atoms with E-state index in [4.69, 9.17) is 11.6 Å². The second-order valence-corrected chi connectivity index (χ2v) is 5.12. The van der Waals surface area contributed by atoms with E-state index in [0.717, 1.165) is 25.9 Å². The van der Waals surface area contributed by atoms with Crippen LogP contribution in [0.3, 0.4) is 0 Å². The van der Waals surface area contributed by atoms with Crippen molar-refractivity contribution in [2.75, 3.05) is 19.0 Å². The molecule has 98 valence electrons. The van der Waals surface area contributed by atoms with E-state index in [-0.39, 0.29) is 18.1 Å². The monoisotopic (exact) mass is 269 g/mol. The molecular weight excluding hydrogens is 253 g/mol. The Labute approximate surface area is 112 Å². The number of nitrogens with zero attached hydrogens (tertiary/aromatic N) is 1. The molecule has 1 saturated heterocycles. The zero-order valence-electron chi connectivity index (χ0n) is 10.2. The van der Waals surface area contributed by atoms with Gasteiger partial charge in [0.25, 0.3) is 0 Å². The van der Waals surface area contributed by atoms with Gasteiger partial charge in [-0.3, -0.25) is 4.79 Å². The summed E-state index contributed by atoms with van der Waals surface area (Å²) < 4.78 is 13.4. The van der Waals surface area contributed by atoms with Crippen LogP contribution >= 0.6 is 11.6 Å². The van der Waals surface area contributed by atoms with Crippen molar-refractivity contribution in [3.8, 4) is 0 Å². The molecule has 0 aromatic heterocycles. The number of likely N-dealkylation sites (tertiary alicyclic amines) is 1. The molecular formula is C14H17ClFNO. The summed E-state index contributed by atoms with van der Waals surface area (Å²) in [5, 5.41) is 0. The van der Waals surface area contributed by atoms with E-state index >= 15 is 0 Å². The maximum absolute atomic E-state index is 13.4. The summed E-state index contributed by atoms with van der Waals surface area (Å²) in [5.41, 5.74) is 0.475. The van der Waals surface area contributed by atoms with Crippen LogP contribution in [0.2, 0.25) is 0 Å². The predicted molar refractivity (Wildman–Crippen MR) is 70.1 cm³/mol. The van der Waals surface area contributed by atoms with Crippen LogP contribution in [0.1, 0.15) is 18.4 Å². The molecule has 1 fully saturated rings. The Balaban J connectivity index is 1.91. The smallest absolute Gasteiger partial charge is 0.227 e. The Bertz CT molecular complexity index is 424. The molecule has 2 rings (SSSR count). The van der Waals surface area contributed by atoms with Gasteiger partial charge in [-0.15, -0.1) is 11.6 Å². The first-order valence-electron chi connectivity index (χ1n) is 6.28. The molecule has 1 aromatic carbocycles. The fourth-order valence-corrected chi connectivity index (χ4v) is 2.67. The van der Waals surface area contributed by atoms with Crippen molar-refractivity contribution in [3.63, 3.8) is 0 Å². The lowest BCUT2D eigenvalue weighted by atomic mass is 10.1. The number of carbonyl (C=O) groups excluding carboxylic acids is 1. The van der Waals surface area contributed by atoms with Crippen LogP contribution in [0.4, 0.5) is 4.39 Å². The predicted octanol–water partition coefficient (Wildman–Crippen LogP) is 2.85. The Hall–Kier alpha value is -1.09. The van der Waals surface area contributed by atoms with Crippen LogP contribution in [0, 0.1) is 11.7 Å². The second kappa shape index (κ2) is 6.19. The number of amides is 1. The van der Waals surface area contributed by atoms with Gasteiger partial charge in [0.05, 0.1) is 6.42 Å². The van der Waals surface area contributed by atoms with Crippen molar-refractivity contribution in [1.29, 1.82) is 0 Å². The number of carbonyl (C=O) groups is 1. The minimum Gasteiger partial charge on any atom is -0.342 e. The zero-order chi connectivity index (χ0) is 13.0. The number of hydrogen-bond donors (Lipinski definition) is 0. The third-order valence-electron chi connectivity index (χ3n) is 3.46. The van der Waals surface area contributed by atoms with Crippen LogP contribution in [0.25, 0.3) is 0 Å². The zero-order valence-corrected chi connectivity index (χ0v) is 11.0. The number of rotatable bonds is 4. The fourth-order valence-electron chi connectivity index (χ4n) is 2.37. The average molecular weight is 270 g/mol. The molecule has 1 aliphatic heterocycles. The lowest BCUT2D eigenvalue weighted by Crippen LogP contribution is -2.30. The highest BCUT2D eigenvalue weighted by molar-refractivity contribution is 6.17. The van der Waals surface area contributed by atoms with E-state index < -0.39 is 0 Å². The van der Waals surface area contributed by atoms with Crippen LogP contribution in [0.5, 0.6) is 0 Å². The van der Waals surface area contributed by atoms with E-state index in [0.29, 0.717) is 17.4 Å². The molecule has 1 amide bonds. The summed E-state index contributed by atoms with van der Waals surface area (Å²) in [6, 6.07) is 6.45. The Morgan fingerprint density at radius 3 is 2.94 bits per heavy atom. The minimum atomic E-state index is -0.303. The highest BCUT2D eigenvalue weighted by atomic mass is 35.5. The minimum absolute atomic E-state index is 0.0113. The first-order chi connectivity index (χ1) is 8.70. The van der Waals surface area contributed by atoms with Gasteiger partial charge in [-0.25, -0.2) is 4.39 Å². The number of hydrogen-bond acceptors (Lipinski definition) is 1. The molecule has 1 atom stereocenters. The molecule has 0 bridgehead atoms. The van der Waals surface area contributed by atoms with Gasteiger partial charge in [0.15, 0.2) is 0 Å². The topological polar surface area (TPSA) is 20.3 Å². The largest absolute Gasteiger partial charge is 0.342 e. The number of alkyl halides is 1. The summed E-state index contributed by atoms with van der Waals surface area (Å²) in [4.78, 5) is 13.9. The Morgan fingerprint density at radius 2 is 2.22 bits per heavy atom. The number of halogens is 2. The van der Waals surface area contributed by atoms with Crippen molar-refractivity contribution < 1.29 is 9.18 Å². The molecule has 0 spiro atoms. The molecule has 4 heteroatoms. The molecule has 0 radical (unpaired) electrons. The maximum Gasteiger partial charge on any atom is 0.227 e. The van der Waals surface area contributed by atoms with Crippen LogP contribution in [-0.2, 0) is 11.2 Å². The molecule has 2 nitrogen and oxygen atoms in total. The third kappa shape index (κ3) is 3.22. The highest BCUT2D eigenvalue weighted by Crippen LogP contribution is 2.21. The highest BCUT2D eigenvalue weighted by Gasteiger charge is 2.25. The molecule has 18 heavy (non-hydrogen) atoms. The molecule has 1 aromatic rings. The number of benzene rings is 1. The van der Waals surface area contributed by atoms with Gasteiger partial charge >= 0.3 is 0 Å². The molecule has 1 unspecified atom stereocenters. The average Bonchev–Trinajstić information content (AvgIpc) is 2.81. The molecule has 0 saturated carbocycles. The third-order valence-corrected chi connectivity index (χ3v) is 3.67. The SMILES string of the molecule is O=C(Cc1ccccc1F)N1CCC(CCCl)C1. The normalized spacial score (nSPS) is 19.2. The lowest BCUT2D eigenvalue weighted by molar-refractivity contribution is -0.129. The van der Waals surface area contributed by atoms with E-state index in [1.54, 1.807) is 18.2 Å². The summed E-state index contributed by atoms with van der Waals surface area (Å²) in [5.74, 6) is 0.853. The van der Waals surface area contributed by atoms with Gasteiger partial charge in [0, 0.05) is 19.0 Å². The molecule has 1 aliphatic rings. The Kier molecular flexibility index (Phi) is 4.59. The Morgan fingerprint density at radius 1 is 1.44 bits per heavy atom. The van der Waals surface area contributed by atoms with Crippen molar-refractivity contribution in [3.05, 3.63) is 35.6 Å². The van der Waals surface area contributed by atoms with Crippen molar-refractivity contribution >= 4 is 17.5 Å². The summed E-state index contributed by atoms with van der Waals surface area (Å²) in [6.45, 7) is 1.54. The first kappa shape index (κ1) is 13.3. The van der Waals surface area contributed by atoms with Crippen LogP contribution in [0.15, 0.2) is 24.3 Å². The van der Waals surface area contributed by atoms with Gasteiger partial charge < -0.3 is 4.90 Å². The van der Waals surface area contributed by atoms with Gasteiger partial charge in [-0.05, 0) is 30.4 Å². The van der Waals surface area contributed by atoms with Crippen molar-refractivity contribution in [2.24, 2.45) is 5.92 Å². The molecule has 1 heterocycles. The van der Waals surface area contributed by atoms with E-state index in [1.807, 2.05) is 4.90 Å². The maximum atomic E-state index is 13.4. The van der Waals surface area contributed by atoms with Crippen LogP contribution in [-0.4, -0.2) is 29.8 Å². The van der Waals surface area contributed by atoms with Crippen molar-refractivity contribution in [1.82, 2.24) is 4.90 Å². The quantitative estimate of drug-likeness (QED) is 0.770. The summed E-state index contributed by atoms with van der Waals surface area (Å²) in [7, 11) is 0. The van der Waals surface area contributed by atoms with Gasteiger partial charge in [-0.2, -0.15) is 0 Å². The van der Waals surface area contributed by atoms with E-state index in [9.17, 15) is 9.18 Å². The fraction of sp³-hybridized carbons (Fsp3) is 0.500. The molecule has 0 N–H and O–H groups in total. The lowest BCUT2D eigenvalue weighted by Gasteiger charge is -2.16. The van der Waals surface area contributed by atoms with E-state index in [2.05, 4.69) is 0 Å². The van der Waals surface area contributed by atoms with Crippen LogP contribution < -0.4 is 0 Å². The summed E-state index contributed by atoms with van der Waals surface area (Å²) in [6.07, 6.45) is 2.11. The van der Waals surface area contributed by atoms with Gasteiger partial charge in [0.1, 0.15) is 5.82 Å². The second-order valence-electron chi connectivity index (χ2n) is 4.74. The standard InChI is InChI=1S/C14H17ClFNO/c15-7-5-11-6-8-17(10-11)14(18)9-12-3-1-2-4-13(12)16/h1-4,11H,5-10H2. The van der Waals surface area contributed by atoms with Gasteiger partial charge in [-0.1, -0.05) is 18.2 Å².